The van der Waals surface area contributed by atoms with Gasteiger partial charge in [0.1, 0.15) is 17.1 Å². The largest absolute Gasteiger partial charge is 0.558 e. The molecule has 3 nitrogen and oxygen atoms in total. The minimum Gasteiger partial charge on any atom is -0.558 e. The van der Waals surface area contributed by atoms with E-state index in [0.29, 0.717) is 23.5 Å². The van der Waals surface area contributed by atoms with Crippen LogP contribution in [0.3, 0.4) is 0 Å². The van der Waals surface area contributed by atoms with Gasteiger partial charge in [0.2, 0.25) is 0 Å². The molecule has 0 saturated carbocycles. The first-order valence-electron chi connectivity index (χ1n) is 5.63. The van der Waals surface area contributed by atoms with Crippen LogP contribution >= 0.6 is 9.24 Å². The Kier molecular flexibility index (Phi) is 5.99. The fourth-order valence-corrected chi connectivity index (χ4v) is 1.91. The van der Waals surface area contributed by atoms with E-state index in [1.54, 1.807) is 26.4 Å². The molecule has 0 atom stereocenters. The molecule has 1 aromatic carbocycles. The molecule has 0 unspecified atom stereocenters. The predicted molar refractivity (Wildman–Crippen MR) is 70.9 cm³/mol. The topological polar surface area (TPSA) is 35.5 Å². The maximum Gasteiger partial charge on any atom is 0.170 e. The van der Waals surface area contributed by atoms with Crippen molar-refractivity contribution in [2.45, 2.75) is 19.3 Å². The fraction of sp³-hybridized carbons (Fsp3) is 0.462. The highest BCUT2D eigenvalue weighted by Gasteiger charge is 2.17. The molecule has 0 fully saturated rings. The zero-order valence-electron chi connectivity index (χ0n) is 10.3. The lowest BCUT2D eigenvalue weighted by molar-refractivity contribution is 0.0974. The Morgan fingerprint density at radius 2 is 1.76 bits per heavy atom. The lowest BCUT2D eigenvalue weighted by atomic mass is 10.0. The molecule has 0 aliphatic carbocycles. The number of carbonyl (C=O) groups is 1. The summed E-state index contributed by atoms with van der Waals surface area (Å²) in [5.74, 6) is 1.22. The summed E-state index contributed by atoms with van der Waals surface area (Å²) in [6.07, 6.45) is 3.28. The lowest BCUT2D eigenvalue weighted by Gasteiger charge is -2.12. The standard InChI is InChI=1S/C13H18O3P/c1-15-11-7-5-8-12(16-2)13(11)10(14)6-3-4-9-17/h5,7-8,17H,3-4,6,9H2,1-2H3/q-1. The minimum absolute atomic E-state index is 0.0689. The first-order chi connectivity index (χ1) is 8.24. The van der Waals surface area contributed by atoms with Gasteiger partial charge in [0.25, 0.3) is 0 Å². The molecule has 0 aromatic heterocycles. The van der Waals surface area contributed by atoms with Crippen LogP contribution in [0.5, 0.6) is 11.5 Å². The Morgan fingerprint density at radius 1 is 1.18 bits per heavy atom. The van der Waals surface area contributed by atoms with E-state index < -0.39 is 0 Å². The van der Waals surface area contributed by atoms with Crippen molar-refractivity contribution in [1.82, 2.24) is 0 Å². The molecule has 1 aromatic rings. The number of unbranched alkanes of at least 4 members (excludes halogenated alkanes) is 1. The van der Waals surface area contributed by atoms with Crippen LogP contribution < -0.4 is 9.47 Å². The van der Waals surface area contributed by atoms with Gasteiger partial charge in [-0.1, -0.05) is 12.5 Å². The van der Waals surface area contributed by atoms with Crippen molar-refractivity contribution in [3.05, 3.63) is 23.8 Å². The van der Waals surface area contributed by atoms with E-state index in [-0.39, 0.29) is 5.78 Å². The monoisotopic (exact) mass is 253 g/mol. The second-order valence-electron chi connectivity index (χ2n) is 3.67. The Hall–Kier alpha value is -1.08. The fourth-order valence-electron chi connectivity index (χ4n) is 1.66. The average Bonchev–Trinajstić information content (AvgIpc) is 2.37. The molecule has 4 heteroatoms. The van der Waals surface area contributed by atoms with E-state index in [9.17, 15) is 4.79 Å². The number of rotatable bonds is 7. The SMILES string of the molecule is COc1cccc(OC)c1C(=O)CCCC[PH-]. The molecule has 0 aliphatic heterocycles. The maximum absolute atomic E-state index is 12.1. The molecule has 0 N–H and O–H groups in total. The van der Waals surface area contributed by atoms with Gasteiger partial charge in [-0.3, -0.25) is 4.79 Å². The molecular weight excluding hydrogens is 235 g/mol. The van der Waals surface area contributed by atoms with Crippen molar-refractivity contribution >= 4 is 15.0 Å². The number of ether oxygens (including phenoxy) is 2. The van der Waals surface area contributed by atoms with Crippen molar-refractivity contribution in [3.8, 4) is 11.5 Å². The smallest absolute Gasteiger partial charge is 0.170 e. The van der Waals surface area contributed by atoms with Gasteiger partial charge in [0, 0.05) is 6.42 Å². The number of benzene rings is 1. The second-order valence-corrected chi connectivity index (χ2v) is 4.17. The highest BCUT2D eigenvalue weighted by atomic mass is 31.0. The predicted octanol–water partition coefficient (Wildman–Crippen LogP) is 3.20. The van der Waals surface area contributed by atoms with Crippen molar-refractivity contribution < 1.29 is 14.3 Å². The molecule has 0 spiro atoms. The quantitative estimate of drug-likeness (QED) is 0.425. The van der Waals surface area contributed by atoms with Crippen LogP contribution in [-0.4, -0.2) is 26.2 Å². The first-order valence-corrected chi connectivity index (χ1v) is 6.34. The van der Waals surface area contributed by atoms with E-state index in [1.165, 1.54) is 0 Å². The zero-order valence-corrected chi connectivity index (χ0v) is 11.3. The molecule has 94 valence electrons. The van der Waals surface area contributed by atoms with Crippen LogP contribution in [-0.2, 0) is 0 Å². The van der Waals surface area contributed by atoms with E-state index in [4.69, 9.17) is 9.47 Å². The van der Waals surface area contributed by atoms with Crippen LogP contribution in [0, 0.1) is 0 Å². The van der Waals surface area contributed by atoms with Gasteiger partial charge in [-0.25, -0.2) is 0 Å². The molecule has 1 rings (SSSR count). The highest BCUT2D eigenvalue weighted by Crippen LogP contribution is 2.29. The van der Waals surface area contributed by atoms with Gasteiger partial charge in [-0.2, -0.15) is 6.16 Å². The van der Waals surface area contributed by atoms with Gasteiger partial charge in [-0.05, 0) is 18.6 Å². The summed E-state index contributed by atoms with van der Waals surface area (Å²) >= 11 is 0. The lowest BCUT2D eigenvalue weighted by Crippen LogP contribution is -2.05. The van der Waals surface area contributed by atoms with Gasteiger partial charge in [0.15, 0.2) is 5.78 Å². The van der Waals surface area contributed by atoms with Gasteiger partial charge in [-0.15, -0.1) is 0 Å². The van der Waals surface area contributed by atoms with Crippen molar-refractivity contribution in [1.29, 1.82) is 0 Å². The molecule has 0 heterocycles. The molecule has 0 amide bonds. The Bertz CT molecular complexity index is 355. The summed E-state index contributed by atoms with van der Waals surface area (Å²) in [6, 6.07) is 5.37. The summed E-state index contributed by atoms with van der Waals surface area (Å²) in [5, 5.41) is 0. The van der Waals surface area contributed by atoms with Crippen LogP contribution in [0.4, 0.5) is 0 Å². The number of hydrogen-bond acceptors (Lipinski definition) is 3. The normalized spacial score (nSPS) is 10.1. The van der Waals surface area contributed by atoms with Crippen molar-refractivity contribution in [3.63, 3.8) is 0 Å². The third-order valence-corrected chi connectivity index (χ3v) is 2.89. The van der Waals surface area contributed by atoms with E-state index in [0.717, 1.165) is 19.0 Å². The molecule has 0 radical (unpaired) electrons. The summed E-state index contributed by atoms with van der Waals surface area (Å²) in [7, 11) is 6.52. The summed E-state index contributed by atoms with van der Waals surface area (Å²) in [5.41, 5.74) is 0.548. The summed E-state index contributed by atoms with van der Waals surface area (Å²) < 4.78 is 10.4. The van der Waals surface area contributed by atoms with E-state index in [1.807, 2.05) is 6.07 Å². The van der Waals surface area contributed by atoms with Crippen molar-refractivity contribution in [2.24, 2.45) is 0 Å². The molecule has 17 heavy (non-hydrogen) atoms. The molecule has 0 bridgehead atoms. The summed E-state index contributed by atoms with van der Waals surface area (Å²) in [4.78, 5) is 12.1. The highest BCUT2D eigenvalue weighted by molar-refractivity contribution is 7.16. The molecule has 0 saturated heterocycles. The van der Waals surface area contributed by atoms with Crippen LogP contribution in [0.15, 0.2) is 18.2 Å². The summed E-state index contributed by atoms with van der Waals surface area (Å²) in [6.45, 7) is 0. The van der Waals surface area contributed by atoms with Gasteiger partial charge < -0.3 is 18.7 Å². The van der Waals surface area contributed by atoms with Crippen LogP contribution in [0.2, 0.25) is 0 Å². The van der Waals surface area contributed by atoms with E-state index >= 15 is 0 Å². The molecular formula is C13H18O3P-. The minimum atomic E-state index is 0.0689. The van der Waals surface area contributed by atoms with Crippen molar-refractivity contribution in [2.75, 3.05) is 20.4 Å². The first kappa shape index (κ1) is 14.0. The van der Waals surface area contributed by atoms with Gasteiger partial charge >= 0.3 is 0 Å². The third-order valence-electron chi connectivity index (χ3n) is 2.54. The number of hydrogen-bond donors (Lipinski definition) is 0. The molecule has 0 aliphatic rings. The van der Waals surface area contributed by atoms with Crippen LogP contribution in [0.1, 0.15) is 29.6 Å². The Balaban J connectivity index is 2.89. The number of ketones is 1. The third kappa shape index (κ3) is 3.71. The van der Waals surface area contributed by atoms with Crippen LogP contribution in [0.25, 0.3) is 0 Å². The number of carbonyl (C=O) groups excluding carboxylic acids is 1. The Labute approximate surface area is 105 Å². The zero-order chi connectivity index (χ0) is 12.7. The number of Topliss-reactive ketones (excluding diaryl/α,β-unsaturated/α-hetero) is 1. The average molecular weight is 253 g/mol. The second kappa shape index (κ2) is 7.29. The van der Waals surface area contributed by atoms with E-state index in [2.05, 4.69) is 9.24 Å². The Morgan fingerprint density at radius 3 is 2.24 bits per heavy atom. The van der Waals surface area contributed by atoms with Gasteiger partial charge in [0.05, 0.1) is 14.2 Å². The maximum atomic E-state index is 12.1. The number of methoxy groups -OCH3 is 2.